The summed E-state index contributed by atoms with van der Waals surface area (Å²) in [7, 11) is 0. The van der Waals surface area contributed by atoms with E-state index in [1.807, 2.05) is 34.4 Å². The number of rotatable bonds is 4. The summed E-state index contributed by atoms with van der Waals surface area (Å²) in [5.41, 5.74) is 8.22. The zero-order valence-electron chi connectivity index (χ0n) is 14.7. The number of hydrogen-bond donors (Lipinski definition) is 2. The van der Waals surface area contributed by atoms with Crippen LogP contribution in [0.4, 0.5) is 17.1 Å². The number of nitrogens with one attached hydrogen (secondary N) is 1. The number of carbonyl (C=O) groups is 1. The van der Waals surface area contributed by atoms with Crippen molar-refractivity contribution in [1.82, 2.24) is 4.98 Å². The van der Waals surface area contributed by atoms with Crippen molar-refractivity contribution < 1.29 is 10.1 Å². The molecule has 0 radical (unpaired) electrons. The number of hydrogen-bond acceptors (Lipinski definition) is 4. The lowest BCUT2D eigenvalue weighted by Gasteiger charge is -2.10. The third-order valence-corrected chi connectivity index (χ3v) is 5.74. The molecule has 3 aromatic rings. The Labute approximate surface area is 161 Å². The molecule has 2 aromatic carbocycles. The maximum Gasteiger partial charge on any atom is 0.257 e. The molecule has 0 bridgehead atoms. The van der Waals surface area contributed by atoms with Gasteiger partial charge in [0.1, 0.15) is 5.69 Å². The molecule has 2 aliphatic rings. The van der Waals surface area contributed by atoms with Crippen LogP contribution in [0.3, 0.4) is 0 Å². The van der Waals surface area contributed by atoms with Gasteiger partial charge in [0.2, 0.25) is 5.91 Å². The highest BCUT2D eigenvalue weighted by atomic mass is 32.1. The molecule has 2 heterocycles. The molecule has 0 spiro atoms. The molecule has 0 unspecified atom stereocenters. The van der Waals surface area contributed by atoms with Gasteiger partial charge in [-0.05, 0) is 42.0 Å². The Balaban J connectivity index is 1.22. The average Bonchev–Trinajstić information content (AvgIpc) is 3.39. The van der Waals surface area contributed by atoms with Gasteiger partial charge < -0.3 is 5.32 Å². The molecule has 27 heavy (non-hydrogen) atoms. The van der Waals surface area contributed by atoms with Crippen LogP contribution < -0.4 is 10.6 Å². The summed E-state index contributed by atoms with van der Waals surface area (Å²) in [4.78, 5) is 21.4. The quantitative estimate of drug-likeness (QED) is 0.688. The summed E-state index contributed by atoms with van der Waals surface area (Å²) in [5.74, 6) is 1.34. The summed E-state index contributed by atoms with van der Waals surface area (Å²) in [6.45, 7) is 0. The van der Waals surface area contributed by atoms with E-state index in [0.717, 1.165) is 41.4 Å². The van der Waals surface area contributed by atoms with Crippen LogP contribution in [0.5, 0.6) is 0 Å². The highest BCUT2D eigenvalue weighted by Gasteiger charge is 2.25. The van der Waals surface area contributed by atoms with Crippen molar-refractivity contribution in [1.29, 1.82) is 0 Å². The van der Waals surface area contributed by atoms with Gasteiger partial charge in [-0.2, -0.15) is 4.99 Å². The van der Waals surface area contributed by atoms with Crippen LogP contribution >= 0.6 is 11.3 Å². The van der Waals surface area contributed by atoms with Crippen molar-refractivity contribution in [2.75, 3.05) is 5.32 Å². The number of nitrogens with two attached hydrogens (primary N) is 1. The molecule has 5 rings (SSSR count). The van der Waals surface area contributed by atoms with Gasteiger partial charge in [-0.15, -0.1) is 11.3 Å². The second-order valence-corrected chi connectivity index (χ2v) is 7.80. The number of anilines is 1. The van der Waals surface area contributed by atoms with E-state index in [0.29, 0.717) is 12.3 Å². The minimum Gasteiger partial charge on any atom is -0.326 e. The Morgan fingerprint density at radius 1 is 1.19 bits per heavy atom. The summed E-state index contributed by atoms with van der Waals surface area (Å²) < 4.78 is 0. The van der Waals surface area contributed by atoms with Crippen molar-refractivity contribution in [2.45, 2.75) is 19.3 Å². The molecular weight excluding hydrogens is 356 g/mol. The first-order valence-electron chi connectivity index (χ1n) is 9.07. The van der Waals surface area contributed by atoms with Crippen molar-refractivity contribution in [3.63, 3.8) is 0 Å². The van der Waals surface area contributed by atoms with E-state index in [9.17, 15) is 4.79 Å². The lowest BCUT2D eigenvalue weighted by molar-refractivity contribution is -0.437. The van der Waals surface area contributed by atoms with E-state index >= 15 is 0 Å². The number of quaternary nitrogens is 1. The average molecular weight is 375 g/mol. The second kappa shape index (κ2) is 6.72. The van der Waals surface area contributed by atoms with Crippen LogP contribution in [-0.4, -0.2) is 16.7 Å². The highest BCUT2D eigenvalue weighted by molar-refractivity contribution is 7.07. The van der Waals surface area contributed by atoms with Crippen LogP contribution in [0, 0.1) is 5.92 Å². The van der Waals surface area contributed by atoms with Crippen LogP contribution in [0.1, 0.15) is 23.2 Å². The molecule has 1 aliphatic carbocycles. The predicted octanol–water partition coefficient (Wildman–Crippen LogP) is 3.17. The van der Waals surface area contributed by atoms with E-state index in [4.69, 9.17) is 0 Å². The van der Waals surface area contributed by atoms with Gasteiger partial charge in [0.25, 0.3) is 5.84 Å². The predicted molar refractivity (Wildman–Crippen MR) is 107 cm³/mol. The van der Waals surface area contributed by atoms with Crippen LogP contribution in [0.15, 0.2) is 58.3 Å². The fraction of sp³-hybridized carbons (Fsp3) is 0.190. The molecule has 134 valence electrons. The highest BCUT2D eigenvalue weighted by Crippen LogP contribution is 2.30. The van der Waals surface area contributed by atoms with Crippen molar-refractivity contribution in [2.24, 2.45) is 10.9 Å². The van der Waals surface area contributed by atoms with Gasteiger partial charge in [0, 0.05) is 23.6 Å². The number of amidine groups is 1. The molecule has 3 N–H and O–H groups in total. The van der Waals surface area contributed by atoms with E-state index in [-0.39, 0.29) is 5.91 Å². The summed E-state index contributed by atoms with van der Waals surface area (Å²) >= 11 is 1.56. The summed E-state index contributed by atoms with van der Waals surface area (Å²) in [5, 5.41) is 7.06. The monoisotopic (exact) mass is 375 g/mol. The van der Waals surface area contributed by atoms with Gasteiger partial charge >= 0.3 is 0 Å². The Bertz CT molecular complexity index is 1020. The Hall–Kier alpha value is -2.83. The number of aliphatic imine (C=N–C) groups is 1. The Morgan fingerprint density at radius 2 is 2.00 bits per heavy atom. The van der Waals surface area contributed by atoms with Crippen molar-refractivity contribution >= 4 is 40.1 Å². The lowest BCUT2D eigenvalue weighted by Crippen LogP contribution is -2.80. The number of nitrogens with zero attached hydrogens (tertiary/aromatic N) is 2. The minimum atomic E-state index is 0.0754. The smallest absolute Gasteiger partial charge is 0.257 e. The molecule has 6 heteroatoms. The largest absolute Gasteiger partial charge is 0.326 e. The van der Waals surface area contributed by atoms with E-state index in [1.54, 1.807) is 11.3 Å². The van der Waals surface area contributed by atoms with E-state index in [2.05, 4.69) is 39.6 Å². The van der Waals surface area contributed by atoms with Gasteiger partial charge in [-0.25, -0.2) is 4.98 Å². The molecule has 0 saturated heterocycles. The fourth-order valence-electron chi connectivity index (χ4n) is 3.90. The van der Waals surface area contributed by atoms with Gasteiger partial charge in [0.05, 0.1) is 5.51 Å². The molecule has 0 saturated carbocycles. The normalized spacial score (nSPS) is 15.3. The maximum absolute atomic E-state index is 12.5. The zero-order valence-corrected chi connectivity index (χ0v) is 15.5. The van der Waals surface area contributed by atoms with Crippen LogP contribution in [0.2, 0.25) is 0 Å². The first-order valence-corrected chi connectivity index (χ1v) is 10.0. The molecule has 5 nitrogen and oxygen atoms in total. The Kier molecular flexibility index (Phi) is 4.07. The van der Waals surface area contributed by atoms with Gasteiger partial charge in [-0.3, -0.25) is 10.1 Å². The number of fused-ring (bicyclic) bond motifs is 2. The summed E-state index contributed by atoms with van der Waals surface area (Å²) in [6, 6.07) is 14.3. The number of benzene rings is 2. The van der Waals surface area contributed by atoms with Gasteiger partial charge in [0.15, 0.2) is 11.4 Å². The maximum atomic E-state index is 12.5. The lowest BCUT2D eigenvalue weighted by atomic mass is 10.0. The van der Waals surface area contributed by atoms with E-state index in [1.165, 1.54) is 11.1 Å². The minimum absolute atomic E-state index is 0.0754. The fourth-order valence-corrected chi connectivity index (χ4v) is 4.44. The number of aromatic nitrogens is 1. The SMILES string of the molecule is O=C(CC1Cc2ccccc2C1)Nc1ccc2c(c1)[NH2+]C(c1cscn1)=N2. The number of thiazole rings is 1. The zero-order chi connectivity index (χ0) is 18.2. The molecule has 1 amide bonds. The van der Waals surface area contributed by atoms with Crippen LogP contribution in [0.25, 0.3) is 0 Å². The first-order chi connectivity index (χ1) is 13.2. The van der Waals surface area contributed by atoms with Crippen molar-refractivity contribution in [3.8, 4) is 0 Å². The molecule has 1 aromatic heterocycles. The molecule has 0 atom stereocenters. The topological polar surface area (TPSA) is 71.0 Å². The second-order valence-electron chi connectivity index (χ2n) is 7.08. The molecule has 1 aliphatic heterocycles. The Morgan fingerprint density at radius 3 is 2.74 bits per heavy atom. The molecular formula is C21H19N4OS+. The van der Waals surface area contributed by atoms with E-state index < -0.39 is 0 Å². The standard InChI is InChI=1S/C21H18N4OS/c26-20(9-13-7-14-3-1-2-4-15(14)8-13)23-16-5-6-17-18(10-16)25-21(24-17)19-11-27-12-22-19/h1-6,10-13H,7-9H2,(H,23,26)(H,24,25)/p+1. The van der Waals surface area contributed by atoms with Gasteiger partial charge in [-0.1, -0.05) is 24.3 Å². The van der Waals surface area contributed by atoms with Crippen molar-refractivity contribution in [3.05, 3.63) is 70.2 Å². The number of amides is 1. The molecule has 0 fully saturated rings. The summed E-state index contributed by atoms with van der Waals surface area (Å²) in [6.07, 6.45) is 2.54. The first kappa shape index (κ1) is 16.4. The number of carbonyl (C=O) groups excluding carboxylic acids is 1. The van der Waals surface area contributed by atoms with Crippen LogP contribution in [-0.2, 0) is 17.6 Å². The third-order valence-electron chi connectivity index (χ3n) is 5.15. The third kappa shape index (κ3) is 3.29.